The molecule has 1 atom stereocenters. The van der Waals surface area contributed by atoms with Crippen LogP contribution in [0.4, 0.5) is 14.5 Å². The highest BCUT2D eigenvalue weighted by molar-refractivity contribution is 6.10. The number of fused-ring (bicyclic) bond motifs is 2. The maximum atomic E-state index is 13.8. The molecule has 5 nitrogen and oxygen atoms in total. The molecule has 0 aliphatic carbocycles. The molecule has 3 aromatic carbocycles. The van der Waals surface area contributed by atoms with Crippen LogP contribution in [0.3, 0.4) is 0 Å². The van der Waals surface area contributed by atoms with Gasteiger partial charge in [0.1, 0.15) is 23.0 Å². The van der Waals surface area contributed by atoms with Crippen LogP contribution < -0.4 is 15.1 Å². The van der Waals surface area contributed by atoms with Crippen molar-refractivity contribution in [3.05, 3.63) is 105 Å². The molecule has 4 aromatic rings. The van der Waals surface area contributed by atoms with Crippen LogP contribution in [0.5, 0.6) is 5.75 Å². The predicted octanol–water partition coefficient (Wildman–Crippen LogP) is 4.83. The lowest BCUT2D eigenvalue weighted by Crippen LogP contribution is -2.29. The summed E-state index contributed by atoms with van der Waals surface area (Å²) < 4.78 is 38.3. The summed E-state index contributed by atoms with van der Waals surface area (Å²) in [5.41, 5.74) is 0.758. The van der Waals surface area contributed by atoms with Gasteiger partial charge >= 0.3 is 0 Å². The van der Waals surface area contributed by atoms with E-state index in [9.17, 15) is 18.4 Å². The minimum Gasteiger partial charge on any atom is -0.497 e. The van der Waals surface area contributed by atoms with E-state index in [2.05, 4.69) is 0 Å². The smallest absolute Gasteiger partial charge is 0.295 e. The Kier molecular flexibility index (Phi) is 4.32. The van der Waals surface area contributed by atoms with Crippen LogP contribution in [-0.2, 0) is 0 Å². The van der Waals surface area contributed by atoms with E-state index >= 15 is 0 Å². The van der Waals surface area contributed by atoms with E-state index in [1.54, 1.807) is 24.3 Å². The summed E-state index contributed by atoms with van der Waals surface area (Å²) in [5, 5.41) is 0.0472. The molecule has 0 radical (unpaired) electrons. The second-order valence-electron chi connectivity index (χ2n) is 7.14. The van der Waals surface area contributed by atoms with Crippen LogP contribution in [0.15, 0.2) is 75.9 Å². The molecule has 5 rings (SSSR count). The lowest BCUT2D eigenvalue weighted by Gasteiger charge is -2.25. The van der Waals surface area contributed by atoms with Gasteiger partial charge in [0.15, 0.2) is 5.43 Å². The summed E-state index contributed by atoms with van der Waals surface area (Å²) in [7, 11) is 1.53. The first kappa shape index (κ1) is 19.0. The van der Waals surface area contributed by atoms with Gasteiger partial charge in [-0.2, -0.15) is 0 Å². The van der Waals surface area contributed by atoms with Crippen molar-refractivity contribution in [2.24, 2.45) is 0 Å². The lowest BCUT2D eigenvalue weighted by atomic mass is 9.98. The number of halogens is 2. The molecule has 1 unspecified atom stereocenters. The van der Waals surface area contributed by atoms with Gasteiger partial charge in [-0.15, -0.1) is 0 Å². The molecule has 154 valence electrons. The standard InChI is InChI=1S/C24H15F2NO4/c1-30-17-9-2-13(3-10-17)21-20-22(28)18-12-15(26)6-11-19(18)31-23(20)24(29)27(21)16-7-4-14(25)5-8-16/h2-12,21H,1H3. The average molecular weight is 419 g/mol. The van der Waals surface area contributed by atoms with Gasteiger partial charge in [0.2, 0.25) is 5.76 Å². The van der Waals surface area contributed by atoms with Crippen molar-refractivity contribution in [3.8, 4) is 5.75 Å². The molecule has 0 N–H and O–H groups in total. The van der Waals surface area contributed by atoms with Gasteiger partial charge in [0.25, 0.3) is 5.91 Å². The number of carbonyl (C=O) groups excluding carboxylic acids is 1. The second kappa shape index (κ2) is 7.05. The van der Waals surface area contributed by atoms with E-state index in [-0.39, 0.29) is 22.3 Å². The van der Waals surface area contributed by atoms with Crippen LogP contribution in [-0.4, -0.2) is 13.0 Å². The molecular formula is C24H15F2NO4. The van der Waals surface area contributed by atoms with Crippen LogP contribution >= 0.6 is 0 Å². The van der Waals surface area contributed by atoms with E-state index in [1.807, 2.05) is 0 Å². The van der Waals surface area contributed by atoms with Gasteiger partial charge < -0.3 is 9.15 Å². The second-order valence-corrected chi connectivity index (χ2v) is 7.14. The minimum absolute atomic E-state index is 0.0472. The van der Waals surface area contributed by atoms with Gasteiger partial charge in [-0.3, -0.25) is 14.5 Å². The Morgan fingerprint density at radius 2 is 1.58 bits per heavy atom. The molecule has 0 saturated carbocycles. The van der Waals surface area contributed by atoms with Crippen LogP contribution in [0, 0.1) is 11.6 Å². The molecule has 0 saturated heterocycles. The van der Waals surface area contributed by atoms with Crippen LogP contribution in [0.2, 0.25) is 0 Å². The van der Waals surface area contributed by atoms with Crippen molar-refractivity contribution >= 4 is 22.6 Å². The summed E-state index contributed by atoms with van der Waals surface area (Å²) in [6.45, 7) is 0. The van der Waals surface area contributed by atoms with Crippen LogP contribution in [0.25, 0.3) is 11.0 Å². The Labute approximate surface area is 175 Å². The highest BCUT2D eigenvalue weighted by atomic mass is 19.1. The summed E-state index contributed by atoms with van der Waals surface area (Å²) >= 11 is 0. The third-order valence-electron chi connectivity index (χ3n) is 5.37. The largest absolute Gasteiger partial charge is 0.497 e. The number of nitrogens with zero attached hydrogens (tertiary/aromatic N) is 1. The molecule has 0 spiro atoms. The SMILES string of the molecule is COc1ccc(C2c3c(oc4ccc(F)cc4c3=O)C(=O)N2c2ccc(F)cc2)cc1. The zero-order chi connectivity index (χ0) is 21.7. The zero-order valence-corrected chi connectivity index (χ0v) is 16.3. The first-order chi connectivity index (χ1) is 15.0. The minimum atomic E-state index is -0.831. The summed E-state index contributed by atoms with van der Waals surface area (Å²) in [6.07, 6.45) is 0. The number of anilines is 1. The topological polar surface area (TPSA) is 59.8 Å². The molecule has 1 aliphatic rings. The van der Waals surface area contributed by atoms with E-state index < -0.39 is 29.0 Å². The number of carbonyl (C=O) groups is 1. The highest BCUT2D eigenvalue weighted by Gasteiger charge is 2.43. The molecule has 2 heterocycles. The molecule has 1 amide bonds. The van der Waals surface area contributed by atoms with Crippen molar-refractivity contribution in [1.29, 1.82) is 0 Å². The Hall–Kier alpha value is -4.00. The number of rotatable bonds is 3. The van der Waals surface area contributed by atoms with Gasteiger partial charge in [-0.05, 0) is 60.2 Å². The third-order valence-corrected chi connectivity index (χ3v) is 5.37. The van der Waals surface area contributed by atoms with Crippen molar-refractivity contribution in [2.75, 3.05) is 12.0 Å². The fourth-order valence-electron chi connectivity index (χ4n) is 3.91. The van der Waals surface area contributed by atoms with E-state index in [0.29, 0.717) is 17.0 Å². The molecule has 1 aliphatic heterocycles. The number of hydrogen-bond donors (Lipinski definition) is 0. The molecule has 1 aromatic heterocycles. The molecule has 0 fully saturated rings. The normalized spacial score (nSPS) is 15.4. The predicted molar refractivity (Wildman–Crippen MR) is 110 cm³/mol. The molecule has 31 heavy (non-hydrogen) atoms. The maximum absolute atomic E-state index is 13.8. The Morgan fingerprint density at radius 1 is 0.903 bits per heavy atom. The van der Waals surface area contributed by atoms with Crippen molar-refractivity contribution < 1.29 is 22.7 Å². The number of ether oxygens (including phenoxy) is 1. The Bertz CT molecular complexity index is 1380. The lowest BCUT2D eigenvalue weighted by molar-refractivity contribution is 0.0971. The Balaban J connectivity index is 1.79. The number of amides is 1. The Morgan fingerprint density at radius 3 is 2.26 bits per heavy atom. The van der Waals surface area contributed by atoms with E-state index in [0.717, 1.165) is 12.1 Å². The summed E-state index contributed by atoms with van der Waals surface area (Å²) in [5.74, 6) is -1.08. The summed E-state index contributed by atoms with van der Waals surface area (Å²) in [4.78, 5) is 28.1. The zero-order valence-electron chi connectivity index (χ0n) is 16.3. The van der Waals surface area contributed by atoms with Gasteiger partial charge in [0, 0.05) is 5.69 Å². The van der Waals surface area contributed by atoms with Crippen molar-refractivity contribution in [1.82, 2.24) is 0 Å². The fraction of sp³-hybridized carbons (Fsp3) is 0.0833. The summed E-state index contributed by atoms with van der Waals surface area (Å²) in [6, 6.07) is 15.0. The van der Waals surface area contributed by atoms with Gasteiger partial charge in [-0.25, -0.2) is 8.78 Å². The van der Waals surface area contributed by atoms with Crippen molar-refractivity contribution in [3.63, 3.8) is 0 Å². The number of hydrogen-bond acceptors (Lipinski definition) is 4. The molecular weight excluding hydrogens is 404 g/mol. The monoisotopic (exact) mass is 419 g/mol. The highest BCUT2D eigenvalue weighted by Crippen LogP contribution is 2.41. The first-order valence-electron chi connectivity index (χ1n) is 9.47. The van der Waals surface area contributed by atoms with E-state index in [1.165, 1.54) is 42.3 Å². The van der Waals surface area contributed by atoms with Crippen molar-refractivity contribution in [2.45, 2.75) is 6.04 Å². The van der Waals surface area contributed by atoms with E-state index in [4.69, 9.17) is 9.15 Å². The molecule has 7 heteroatoms. The van der Waals surface area contributed by atoms with Gasteiger partial charge in [0.05, 0.1) is 24.1 Å². The number of benzene rings is 3. The fourth-order valence-corrected chi connectivity index (χ4v) is 3.91. The molecule has 0 bridgehead atoms. The third kappa shape index (κ3) is 2.97. The average Bonchev–Trinajstić information content (AvgIpc) is 3.07. The van der Waals surface area contributed by atoms with Gasteiger partial charge in [-0.1, -0.05) is 12.1 Å². The van der Waals surface area contributed by atoms with Crippen LogP contribution in [0.1, 0.15) is 27.7 Å². The maximum Gasteiger partial charge on any atom is 0.295 e. The number of methoxy groups -OCH3 is 1. The first-order valence-corrected chi connectivity index (χ1v) is 9.47. The quantitative estimate of drug-likeness (QED) is 0.477.